The molecule has 2 bridgehead atoms. The van der Waals surface area contributed by atoms with E-state index in [0.29, 0.717) is 25.6 Å². The molecule has 40 heavy (non-hydrogen) atoms. The van der Waals surface area contributed by atoms with Crippen molar-refractivity contribution in [3.63, 3.8) is 0 Å². The second-order valence-corrected chi connectivity index (χ2v) is 13.6. The van der Waals surface area contributed by atoms with Crippen LogP contribution in [0.25, 0.3) is 0 Å². The Morgan fingerprint density at radius 2 is 1.77 bits per heavy atom. The molecule has 3 fully saturated rings. The number of ether oxygens (including phenoxy) is 1. The van der Waals surface area contributed by atoms with Crippen molar-refractivity contribution in [3.8, 4) is 0 Å². The van der Waals surface area contributed by atoms with E-state index in [9.17, 15) is 14.0 Å². The Balaban J connectivity index is 1.18. The lowest BCUT2D eigenvalue weighted by Crippen LogP contribution is -2.56. The van der Waals surface area contributed by atoms with Gasteiger partial charge < -0.3 is 19.4 Å². The summed E-state index contributed by atoms with van der Waals surface area (Å²) >= 11 is 0. The molecule has 0 N–H and O–H groups in total. The zero-order valence-electron chi connectivity index (χ0n) is 24.7. The van der Waals surface area contributed by atoms with E-state index in [4.69, 9.17) is 9.84 Å². The zero-order chi connectivity index (χ0) is 28.4. The number of hydrazone groups is 1. The van der Waals surface area contributed by atoms with Gasteiger partial charge in [-0.1, -0.05) is 0 Å². The Labute approximate surface area is 237 Å². The number of fused-ring (bicyclic) bond motifs is 4. The van der Waals surface area contributed by atoms with Crippen LogP contribution in [0.3, 0.4) is 0 Å². The molecule has 3 unspecified atom stereocenters. The van der Waals surface area contributed by atoms with Gasteiger partial charge in [0.05, 0.1) is 12.1 Å². The molecule has 5 aliphatic heterocycles. The van der Waals surface area contributed by atoms with Crippen LogP contribution >= 0.6 is 0 Å². The number of rotatable bonds is 3. The van der Waals surface area contributed by atoms with Gasteiger partial charge in [-0.3, -0.25) is 9.80 Å². The second kappa shape index (κ2) is 10.00. The molecule has 2 amide bonds. The number of halogens is 1. The van der Waals surface area contributed by atoms with Gasteiger partial charge in [0.15, 0.2) is 0 Å². The summed E-state index contributed by atoms with van der Waals surface area (Å²) in [5.74, 6) is -0.181. The Kier molecular flexibility index (Phi) is 6.87. The quantitative estimate of drug-likeness (QED) is 0.532. The third kappa shape index (κ3) is 4.58. The third-order valence-corrected chi connectivity index (χ3v) is 10.0. The van der Waals surface area contributed by atoms with Crippen molar-refractivity contribution in [3.05, 3.63) is 29.6 Å². The van der Waals surface area contributed by atoms with Crippen molar-refractivity contribution < 1.29 is 18.7 Å². The smallest absolute Gasteiger partial charge is 0.410 e. The normalized spacial score (nSPS) is 29.6. The summed E-state index contributed by atoms with van der Waals surface area (Å²) in [6.45, 7) is 13.0. The number of carbonyl (C=O) groups is 2. The zero-order valence-corrected chi connectivity index (χ0v) is 24.7. The van der Waals surface area contributed by atoms with Crippen molar-refractivity contribution in [2.75, 3.05) is 31.1 Å². The largest absolute Gasteiger partial charge is 0.450 e. The summed E-state index contributed by atoms with van der Waals surface area (Å²) in [7, 11) is 0. The Morgan fingerprint density at radius 1 is 1.10 bits per heavy atom. The minimum Gasteiger partial charge on any atom is -0.450 e. The number of piperidine rings is 2. The predicted molar refractivity (Wildman–Crippen MR) is 153 cm³/mol. The Bertz CT molecular complexity index is 1190. The van der Waals surface area contributed by atoms with Gasteiger partial charge in [-0.25, -0.2) is 9.18 Å². The maximum Gasteiger partial charge on any atom is 0.410 e. The fourth-order valence-electron chi connectivity index (χ4n) is 8.18. The molecule has 0 radical (unpaired) electrons. The second-order valence-electron chi connectivity index (χ2n) is 13.6. The standard InChI is InChI=1S/C31H44FN5O3/c1-6-40-29(39)36-22-8-9-23(36)18-24(17-22)34-13-11-31(12-14-34)19-35(26-10-7-21(32)16-25(26)31)28(38)27-15-20(2)33-37(27)30(3,4)5/h7,10,16,22-24,27H,6,8-9,11-15,17-19H2,1-5H3. The number of benzene rings is 1. The van der Waals surface area contributed by atoms with E-state index in [1.165, 1.54) is 6.07 Å². The number of likely N-dealkylation sites (tertiary alicyclic amines) is 1. The summed E-state index contributed by atoms with van der Waals surface area (Å²) < 4.78 is 20.0. The van der Waals surface area contributed by atoms with E-state index in [0.717, 1.165) is 68.6 Å². The van der Waals surface area contributed by atoms with E-state index in [1.807, 2.05) is 28.7 Å². The lowest BCUT2D eigenvalue weighted by Gasteiger charge is -2.47. The molecular weight excluding hydrogens is 509 g/mol. The first-order chi connectivity index (χ1) is 19.0. The molecule has 1 aromatic rings. The van der Waals surface area contributed by atoms with Gasteiger partial charge in [0.1, 0.15) is 11.9 Å². The molecule has 218 valence electrons. The lowest BCUT2D eigenvalue weighted by atomic mass is 9.73. The van der Waals surface area contributed by atoms with Crippen LogP contribution in [0.15, 0.2) is 23.3 Å². The van der Waals surface area contributed by atoms with Gasteiger partial charge in [0.25, 0.3) is 5.91 Å². The lowest BCUT2D eigenvalue weighted by molar-refractivity contribution is -0.125. The van der Waals surface area contributed by atoms with Gasteiger partial charge in [0, 0.05) is 47.9 Å². The van der Waals surface area contributed by atoms with E-state index in [-0.39, 0.29) is 46.9 Å². The van der Waals surface area contributed by atoms with Gasteiger partial charge in [-0.15, -0.1) is 0 Å². The van der Waals surface area contributed by atoms with Crippen LogP contribution in [0.1, 0.15) is 85.1 Å². The molecule has 5 heterocycles. The number of anilines is 1. The first-order valence-corrected chi connectivity index (χ1v) is 15.1. The summed E-state index contributed by atoms with van der Waals surface area (Å²) in [6, 6.07) is 5.59. The average molecular weight is 554 g/mol. The molecule has 3 atom stereocenters. The van der Waals surface area contributed by atoms with Gasteiger partial charge >= 0.3 is 6.09 Å². The van der Waals surface area contributed by atoms with E-state index in [1.54, 1.807) is 12.1 Å². The number of hydrogen-bond acceptors (Lipinski definition) is 6. The van der Waals surface area contributed by atoms with Crippen LogP contribution in [0.2, 0.25) is 0 Å². The number of carbonyl (C=O) groups excluding carboxylic acids is 2. The van der Waals surface area contributed by atoms with Crippen LogP contribution < -0.4 is 4.90 Å². The topological polar surface area (TPSA) is 68.7 Å². The van der Waals surface area contributed by atoms with E-state index >= 15 is 0 Å². The summed E-state index contributed by atoms with van der Waals surface area (Å²) in [5, 5.41) is 6.67. The molecule has 9 heteroatoms. The van der Waals surface area contributed by atoms with Crippen molar-refractivity contribution in [2.45, 2.75) is 115 Å². The van der Waals surface area contributed by atoms with E-state index in [2.05, 4.69) is 25.7 Å². The minimum atomic E-state index is -0.340. The molecule has 1 spiro atoms. The molecule has 5 aliphatic rings. The van der Waals surface area contributed by atoms with Crippen LogP contribution in [-0.4, -0.2) is 88.5 Å². The SMILES string of the molecule is CCOC(=O)N1C2CCC1CC(N1CCC3(CC1)CN(C(=O)C1CC(C)=NN1C(C)(C)C)c1ccc(F)cc13)C2. The number of hydrogen-bond donors (Lipinski definition) is 0. The number of amides is 2. The van der Waals surface area contributed by atoms with Gasteiger partial charge in [-0.05, 0) is 110 Å². The Morgan fingerprint density at radius 3 is 2.40 bits per heavy atom. The summed E-state index contributed by atoms with van der Waals surface area (Å²) in [5.41, 5.74) is 2.30. The molecule has 0 aromatic heterocycles. The van der Waals surface area contributed by atoms with Gasteiger partial charge in [0.2, 0.25) is 0 Å². The maximum absolute atomic E-state index is 14.6. The van der Waals surface area contributed by atoms with E-state index < -0.39 is 0 Å². The first-order valence-electron chi connectivity index (χ1n) is 15.1. The monoisotopic (exact) mass is 553 g/mol. The first kappa shape index (κ1) is 27.5. The highest BCUT2D eigenvalue weighted by Crippen LogP contribution is 2.49. The fraction of sp³-hybridized carbons (Fsp3) is 0.710. The van der Waals surface area contributed by atoms with Crippen LogP contribution in [-0.2, 0) is 14.9 Å². The third-order valence-electron chi connectivity index (χ3n) is 10.0. The van der Waals surface area contributed by atoms with Gasteiger partial charge in [-0.2, -0.15) is 5.10 Å². The van der Waals surface area contributed by atoms with Crippen molar-refractivity contribution >= 4 is 23.4 Å². The molecule has 0 saturated carbocycles. The Hall–Kier alpha value is -2.68. The molecule has 1 aromatic carbocycles. The highest BCUT2D eigenvalue weighted by molar-refractivity contribution is 6.03. The summed E-state index contributed by atoms with van der Waals surface area (Å²) in [4.78, 5) is 33.2. The minimum absolute atomic E-state index is 0.0607. The van der Waals surface area contributed by atoms with Crippen LogP contribution in [0.5, 0.6) is 0 Å². The van der Waals surface area contributed by atoms with Crippen molar-refractivity contribution in [1.29, 1.82) is 0 Å². The molecule has 8 nitrogen and oxygen atoms in total. The molecule has 3 saturated heterocycles. The fourth-order valence-corrected chi connectivity index (χ4v) is 8.18. The molecule has 6 rings (SSSR count). The summed E-state index contributed by atoms with van der Waals surface area (Å²) in [6.07, 6.45) is 6.33. The predicted octanol–water partition coefficient (Wildman–Crippen LogP) is 4.91. The number of nitrogens with zero attached hydrogens (tertiary/aromatic N) is 5. The highest BCUT2D eigenvalue weighted by atomic mass is 19.1. The average Bonchev–Trinajstić information content (AvgIpc) is 3.54. The molecular formula is C31H44FN5O3. The van der Waals surface area contributed by atoms with Crippen LogP contribution in [0.4, 0.5) is 14.9 Å². The van der Waals surface area contributed by atoms with Crippen molar-refractivity contribution in [2.24, 2.45) is 5.10 Å². The van der Waals surface area contributed by atoms with Crippen molar-refractivity contribution in [1.82, 2.24) is 14.8 Å². The van der Waals surface area contributed by atoms with Crippen LogP contribution in [0, 0.1) is 5.82 Å². The highest BCUT2D eigenvalue weighted by Gasteiger charge is 2.51. The molecule has 0 aliphatic carbocycles. The maximum atomic E-state index is 14.6.